The van der Waals surface area contributed by atoms with Crippen LogP contribution in [0.1, 0.15) is 63.1 Å². The Bertz CT molecular complexity index is 2330. The number of oxazole rings is 2. The van der Waals surface area contributed by atoms with Crippen molar-refractivity contribution in [2.45, 2.75) is 78.6 Å². The van der Waals surface area contributed by atoms with Gasteiger partial charge in [0.1, 0.15) is 28.1 Å². The number of aromatic nitrogens is 2. The number of hydrazine groups is 1. The van der Waals surface area contributed by atoms with Gasteiger partial charge >= 0.3 is 12.0 Å². The van der Waals surface area contributed by atoms with Crippen LogP contribution in [0.2, 0.25) is 5.02 Å². The molecule has 6 aromatic rings. The maximum Gasteiger partial charge on any atom is 0.317 e. The fourth-order valence-corrected chi connectivity index (χ4v) is 8.75. The van der Waals surface area contributed by atoms with Gasteiger partial charge in [-0.3, -0.25) is 9.80 Å². The van der Waals surface area contributed by atoms with Gasteiger partial charge in [0.25, 0.3) is 0 Å². The van der Waals surface area contributed by atoms with Gasteiger partial charge in [0.05, 0.1) is 44.3 Å². The van der Waals surface area contributed by atoms with Gasteiger partial charge in [0.2, 0.25) is 0 Å². The number of likely N-dealkylation sites (tertiary alicyclic amines) is 2. The van der Waals surface area contributed by atoms with Crippen molar-refractivity contribution in [1.29, 1.82) is 0 Å². The number of nitrogens with zero attached hydrogens (tertiary/aromatic N) is 6. The minimum atomic E-state index is -0.309. The Balaban J connectivity index is 1.10. The number of rotatable bonds is 17. The van der Waals surface area contributed by atoms with E-state index in [4.69, 9.17) is 44.6 Å². The Morgan fingerprint density at radius 2 is 1.10 bits per heavy atom. The van der Waals surface area contributed by atoms with Crippen LogP contribution in [0.3, 0.4) is 0 Å². The highest BCUT2D eigenvalue weighted by molar-refractivity contribution is 6.33. The Morgan fingerprint density at radius 3 is 1.61 bits per heavy atom. The first-order valence-corrected chi connectivity index (χ1v) is 22.2. The second-order valence-electron chi connectivity index (χ2n) is 15.9. The zero-order valence-electron chi connectivity index (χ0n) is 36.1. The van der Waals surface area contributed by atoms with E-state index in [9.17, 15) is 4.39 Å². The largest absolute Gasteiger partial charge is 0.494 e. The monoisotopic (exact) mass is 862 g/mol. The lowest BCUT2D eigenvalue weighted by molar-refractivity contribution is 0.178. The van der Waals surface area contributed by atoms with Crippen molar-refractivity contribution in [2.75, 3.05) is 56.0 Å². The quantitative estimate of drug-likeness (QED) is 0.0821. The van der Waals surface area contributed by atoms with Gasteiger partial charge in [-0.25, -0.2) is 14.4 Å². The van der Waals surface area contributed by atoms with Crippen LogP contribution in [-0.4, -0.2) is 77.9 Å². The molecule has 0 N–H and O–H groups in total. The second-order valence-corrected chi connectivity index (χ2v) is 16.3. The summed E-state index contributed by atoms with van der Waals surface area (Å²) in [6, 6.07) is 27.9. The standard InChI is InChI=1S/C49H56ClFN6O5/c1-5-58-42-27-35(14-13-34(42)4)32-54-23-19-40(20-24-54)56(48-52-30-45(61-48)37-11-9-8-10-12-37)57(49-53-31-46(62-49)38-15-17-39(51)18-16-38)41-21-25-55(26-22-41)33-36-28-43(59-6-2)47(50)44(29-36)60-7-3/h8-18,27-31,40-41H,5-7,19-26,32-33H2,1-4H3. The molecule has 13 heteroatoms. The third kappa shape index (κ3) is 10.0. The van der Waals surface area contributed by atoms with Crippen LogP contribution < -0.4 is 24.2 Å². The number of anilines is 2. The molecular weight excluding hydrogens is 807 g/mol. The molecule has 11 nitrogen and oxygen atoms in total. The number of benzene rings is 4. The topological polar surface area (TPSA) is 92.7 Å². The molecule has 8 rings (SSSR count). The molecule has 0 unspecified atom stereocenters. The highest BCUT2D eigenvalue weighted by Gasteiger charge is 2.39. The van der Waals surface area contributed by atoms with E-state index in [2.05, 4.69) is 44.9 Å². The molecule has 0 aliphatic carbocycles. The van der Waals surface area contributed by atoms with E-state index in [1.54, 1.807) is 24.5 Å². The minimum absolute atomic E-state index is 0.0104. The molecule has 0 bridgehead atoms. The van der Waals surface area contributed by atoms with E-state index < -0.39 is 0 Å². The van der Waals surface area contributed by atoms with Crippen molar-refractivity contribution in [3.8, 4) is 39.9 Å². The van der Waals surface area contributed by atoms with E-state index in [0.29, 0.717) is 66.4 Å². The fraction of sp³-hybridized carbons (Fsp3) is 0.388. The van der Waals surface area contributed by atoms with Crippen LogP contribution in [0, 0.1) is 12.7 Å². The molecule has 2 aromatic heterocycles. The van der Waals surface area contributed by atoms with Crippen molar-refractivity contribution in [3.63, 3.8) is 0 Å². The summed E-state index contributed by atoms with van der Waals surface area (Å²) in [6.07, 6.45) is 6.87. The van der Waals surface area contributed by atoms with Crippen LogP contribution in [0.25, 0.3) is 22.6 Å². The molecule has 2 aliphatic rings. The number of piperidine rings is 2. The average Bonchev–Trinajstić information content (AvgIpc) is 3.99. The summed E-state index contributed by atoms with van der Waals surface area (Å²) in [6.45, 7) is 14.6. The van der Waals surface area contributed by atoms with Gasteiger partial charge in [-0.1, -0.05) is 54.1 Å². The number of hydrogen-bond donors (Lipinski definition) is 0. The molecule has 4 aromatic carbocycles. The molecule has 0 atom stereocenters. The van der Waals surface area contributed by atoms with Crippen molar-refractivity contribution in [3.05, 3.63) is 125 Å². The molecule has 2 fully saturated rings. The Hall–Kier alpha value is -5.56. The summed E-state index contributed by atoms with van der Waals surface area (Å²) in [5.41, 5.74) is 5.14. The van der Waals surface area contributed by atoms with Gasteiger partial charge in [-0.15, -0.1) is 0 Å². The van der Waals surface area contributed by atoms with E-state index in [1.165, 1.54) is 17.7 Å². The van der Waals surface area contributed by atoms with Crippen LogP contribution >= 0.6 is 11.6 Å². The first-order valence-electron chi connectivity index (χ1n) is 21.9. The van der Waals surface area contributed by atoms with Crippen molar-refractivity contribution in [1.82, 2.24) is 19.8 Å². The normalized spacial score (nSPS) is 15.5. The number of aryl methyl sites for hydroxylation is 1. The molecular formula is C49H56ClFN6O5. The zero-order valence-corrected chi connectivity index (χ0v) is 36.8. The lowest BCUT2D eigenvalue weighted by atomic mass is 10.0. The highest BCUT2D eigenvalue weighted by atomic mass is 35.5. The lowest BCUT2D eigenvalue weighted by Gasteiger charge is -2.47. The van der Waals surface area contributed by atoms with E-state index in [-0.39, 0.29) is 17.9 Å². The summed E-state index contributed by atoms with van der Waals surface area (Å²) in [5, 5.41) is 4.91. The predicted octanol–water partition coefficient (Wildman–Crippen LogP) is 10.9. The number of hydrogen-bond acceptors (Lipinski definition) is 11. The van der Waals surface area contributed by atoms with Gasteiger partial charge < -0.3 is 23.0 Å². The SMILES string of the molecule is CCOc1cc(CN2CCC(N(c3ncc(-c4ccccc4)o3)N(c3ncc(-c4ccc(F)cc4)o3)C3CCN(Cc4cc(OCC)c(Cl)c(OCC)c4)CC3)CC2)ccc1C. The lowest BCUT2D eigenvalue weighted by Crippen LogP contribution is -2.59. The maximum atomic E-state index is 14.0. The Morgan fingerprint density at radius 1 is 0.629 bits per heavy atom. The van der Waals surface area contributed by atoms with Crippen LogP contribution in [0.4, 0.5) is 16.4 Å². The molecule has 0 spiro atoms. The average molecular weight is 863 g/mol. The summed E-state index contributed by atoms with van der Waals surface area (Å²) < 4.78 is 45.1. The zero-order chi connectivity index (χ0) is 43.0. The first-order chi connectivity index (χ1) is 30.3. The third-order valence-corrected chi connectivity index (χ3v) is 12.0. The molecule has 0 amide bonds. The number of halogens is 2. The van der Waals surface area contributed by atoms with Gasteiger partial charge in [0, 0.05) is 50.4 Å². The van der Waals surface area contributed by atoms with E-state index >= 15 is 0 Å². The van der Waals surface area contributed by atoms with Crippen molar-refractivity contribution >= 4 is 23.6 Å². The molecule has 62 heavy (non-hydrogen) atoms. The third-order valence-electron chi connectivity index (χ3n) is 11.6. The van der Waals surface area contributed by atoms with Gasteiger partial charge in [-0.05, 0) is 113 Å². The van der Waals surface area contributed by atoms with Crippen LogP contribution in [0.5, 0.6) is 17.2 Å². The summed E-state index contributed by atoms with van der Waals surface area (Å²) in [7, 11) is 0. The molecule has 0 saturated carbocycles. The van der Waals surface area contributed by atoms with Crippen LogP contribution in [0.15, 0.2) is 106 Å². The summed E-state index contributed by atoms with van der Waals surface area (Å²) >= 11 is 6.66. The van der Waals surface area contributed by atoms with Gasteiger partial charge in [0.15, 0.2) is 11.5 Å². The first kappa shape index (κ1) is 43.1. The Kier molecular flexibility index (Phi) is 14.0. The highest BCUT2D eigenvalue weighted by Crippen LogP contribution is 2.39. The van der Waals surface area contributed by atoms with Gasteiger partial charge in [-0.2, -0.15) is 9.97 Å². The second kappa shape index (κ2) is 20.1. The fourth-order valence-electron chi connectivity index (χ4n) is 8.53. The summed E-state index contributed by atoms with van der Waals surface area (Å²) in [4.78, 5) is 14.8. The van der Waals surface area contributed by atoms with Crippen LogP contribution in [-0.2, 0) is 13.1 Å². The predicted molar refractivity (Wildman–Crippen MR) is 242 cm³/mol. The molecule has 2 saturated heterocycles. The maximum absolute atomic E-state index is 14.0. The molecule has 0 radical (unpaired) electrons. The molecule has 2 aliphatic heterocycles. The van der Waals surface area contributed by atoms with Crippen molar-refractivity contribution in [2.24, 2.45) is 0 Å². The number of ether oxygens (including phenoxy) is 3. The smallest absolute Gasteiger partial charge is 0.317 e. The molecule has 4 heterocycles. The minimum Gasteiger partial charge on any atom is -0.494 e. The molecule has 326 valence electrons. The summed E-state index contributed by atoms with van der Waals surface area (Å²) in [5.74, 6) is 3.13. The van der Waals surface area contributed by atoms with E-state index in [1.807, 2.05) is 63.2 Å². The van der Waals surface area contributed by atoms with Crippen molar-refractivity contribution < 1.29 is 27.4 Å². The Labute approximate surface area is 368 Å². The van der Waals surface area contributed by atoms with E-state index in [0.717, 1.165) is 86.4 Å².